The average Bonchev–Trinajstić information content (AvgIpc) is 2.83. The van der Waals surface area contributed by atoms with Crippen LogP contribution in [0.2, 0.25) is 0 Å². The van der Waals surface area contributed by atoms with Gasteiger partial charge in [-0.2, -0.15) is 0 Å². The van der Waals surface area contributed by atoms with Crippen LogP contribution in [0.4, 0.5) is 17.3 Å². The van der Waals surface area contributed by atoms with Crippen LogP contribution in [0, 0.1) is 0 Å². The molecule has 9 heteroatoms. The molecule has 4 aromatic rings. The molecule has 36 heavy (non-hydrogen) atoms. The first-order valence-corrected chi connectivity index (χ1v) is 11.7. The number of hydrogen-bond donors (Lipinski definition) is 3. The molecule has 186 valence electrons. The molecule has 0 unspecified atom stereocenters. The maximum absolute atomic E-state index is 12.2. The summed E-state index contributed by atoms with van der Waals surface area (Å²) in [6.45, 7) is 8.17. The van der Waals surface area contributed by atoms with Crippen LogP contribution in [0.3, 0.4) is 0 Å². The number of ether oxygens (including phenoxy) is 2. The van der Waals surface area contributed by atoms with Crippen molar-refractivity contribution in [3.63, 3.8) is 0 Å². The number of nitrogens with zero attached hydrogens (tertiary/aromatic N) is 3. The number of pyridine rings is 1. The van der Waals surface area contributed by atoms with Gasteiger partial charge in [-0.25, -0.2) is 15.0 Å². The van der Waals surface area contributed by atoms with Crippen molar-refractivity contribution in [2.24, 2.45) is 0 Å². The number of nitrogen functional groups attached to an aromatic ring is 1. The number of carbonyl (C=O) groups is 1. The van der Waals surface area contributed by atoms with Crippen LogP contribution in [-0.2, 0) is 4.79 Å². The van der Waals surface area contributed by atoms with Crippen molar-refractivity contribution in [2.75, 3.05) is 24.3 Å². The summed E-state index contributed by atoms with van der Waals surface area (Å²) >= 11 is 0. The van der Waals surface area contributed by atoms with Gasteiger partial charge in [0.05, 0.1) is 24.0 Å². The van der Waals surface area contributed by atoms with Crippen LogP contribution < -0.4 is 25.8 Å². The molecule has 2 aromatic heterocycles. The number of nitrogens with one attached hydrogen (secondary N) is 2. The highest BCUT2D eigenvalue weighted by Gasteiger charge is 2.15. The maximum atomic E-state index is 12.2. The lowest BCUT2D eigenvalue weighted by Gasteiger charge is -2.20. The second kappa shape index (κ2) is 10.5. The highest BCUT2D eigenvalue weighted by atomic mass is 16.5. The Morgan fingerprint density at radius 1 is 1.00 bits per heavy atom. The van der Waals surface area contributed by atoms with E-state index >= 15 is 0 Å². The number of rotatable bonds is 8. The third-order valence-electron chi connectivity index (χ3n) is 5.00. The molecule has 0 aliphatic carbocycles. The van der Waals surface area contributed by atoms with Gasteiger partial charge in [-0.3, -0.25) is 4.79 Å². The minimum absolute atomic E-state index is 0.0869. The van der Waals surface area contributed by atoms with Crippen molar-refractivity contribution in [1.29, 1.82) is 0 Å². The number of aromatic nitrogens is 3. The van der Waals surface area contributed by atoms with Crippen LogP contribution in [0.1, 0.15) is 27.7 Å². The zero-order valence-corrected chi connectivity index (χ0v) is 20.8. The highest BCUT2D eigenvalue weighted by Crippen LogP contribution is 2.31. The lowest BCUT2D eigenvalue weighted by molar-refractivity contribution is -0.124. The minimum atomic E-state index is -0.327. The van der Waals surface area contributed by atoms with Crippen molar-refractivity contribution < 1.29 is 14.3 Å². The van der Waals surface area contributed by atoms with Crippen molar-refractivity contribution in [3.8, 4) is 22.9 Å². The second-order valence-corrected chi connectivity index (χ2v) is 9.22. The molecule has 0 saturated heterocycles. The molecule has 0 atom stereocenters. The SMILES string of the molecule is CCOc1ccc2nc(-c3cccc(OCC(=O)NC(C)(C)C)c3)nc(Nc3ccc(N)nc3)c2c1. The summed E-state index contributed by atoms with van der Waals surface area (Å²) in [6.07, 6.45) is 1.65. The molecule has 1 amide bonds. The Hall–Kier alpha value is -4.40. The number of carbonyl (C=O) groups excluding carboxylic acids is 1. The third-order valence-corrected chi connectivity index (χ3v) is 5.00. The molecule has 4 rings (SSSR count). The van der Waals surface area contributed by atoms with Gasteiger partial charge < -0.3 is 25.8 Å². The Morgan fingerprint density at radius 3 is 2.53 bits per heavy atom. The van der Waals surface area contributed by atoms with Crippen LogP contribution in [-0.4, -0.2) is 39.6 Å². The predicted molar refractivity (Wildman–Crippen MR) is 141 cm³/mol. The first kappa shape index (κ1) is 24.7. The molecule has 0 fully saturated rings. The fraction of sp³-hybridized carbons (Fsp3) is 0.259. The molecule has 0 aliphatic rings. The number of nitrogens with two attached hydrogens (primary N) is 1. The van der Waals surface area contributed by atoms with Gasteiger partial charge in [-0.1, -0.05) is 12.1 Å². The Labute approximate surface area is 210 Å². The quantitative estimate of drug-likeness (QED) is 0.327. The molecule has 9 nitrogen and oxygen atoms in total. The van der Waals surface area contributed by atoms with Gasteiger partial charge in [0.1, 0.15) is 23.1 Å². The van der Waals surface area contributed by atoms with Gasteiger partial charge in [-0.05, 0) is 70.2 Å². The van der Waals surface area contributed by atoms with E-state index in [1.165, 1.54) is 0 Å². The maximum Gasteiger partial charge on any atom is 0.258 e. The fourth-order valence-corrected chi connectivity index (χ4v) is 3.53. The normalized spacial score (nSPS) is 11.2. The Balaban J connectivity index is 1.67. The summed E-state index contributed by atoms with van der Waals surface area (Å²) in [5.41, 5.74) is 7.63. The van der Waals surface area contributed by atoms with Crippen LogP contribution in [0.25, 0.3) is 22.3 Å². The van der Waals surface area contributed by atoms with E-state index < -0.39 is 0 Å². The third kappa shape index (κ3) is 6.38. The molecule has 0 radical (unpaired) electrons. The minimum Gasteiger partial charge on any atom is -0.494 e. The number of amides is 1. The van der Waals surface area contributed by atoms with Crippen molar-refractivity contribution in [1.82, 2.24) is 20.3 Å². The summed E-state index contributed by atoms with van der Waals surface area (Å²) in [4.78, 5) is 25.9. The smallest absolute Gasteiger partial charge is 0.258 e. The molecular weight excluding hydrogens is 456 g/mol. The fourth-order valence-electron chi connectivity index (χ4n) is 3.53. The van der Waals surface area contributed by atoms with Gasteiger partial charge >= 0.3 is 0 Å². The van der Waals surface area contributed by atoms with Crippen molar-refractivity contribution in [2.45, 2.75) is 33.2 Å². The van der Waals surface area contributed by atoms with Crippen LogP contribution >= 0.6 is 0 Å². The molecule has 0 aliphatic heterocycles. The molecule has 4 N–H and O–H groups in total. The van der Waals surface area contributed by atoms with Crippen LogP contribution in [0.5, 0.6) is 11.5 Å². The Kier molecular flexibility index (Phi) is 7.19. The van der Waals surface area contributed by atoms with Gasteiger partial charge in [-0.15, -0.1) is 0 Å². The second-order valence-electron chi connectivity index (χ2n) is 9.22. The molecular formula is C27H30N6O3. The lowest BCUT2D eigenvalue weighted by Crippen LogP contribution is -2.43. The zero-order chi connectivity index (χ0) is 25.7. The van der Waals surface area contributed by atoms with E-state index in [2.05, 4.69) is 15.6 Å². The Bertz CT molecular complexity index is 1370. The summed E-state index contributed by atoms with van der Waals surface area (Å²) in [5.74, 6) is 2.61. The number of hydrogen-bond acceptors (Lipinski definition) is 8. The largest absolute Gasteiger partial charge is 0.494 e. The molecule has 0 bridgehead atoms. The van der Waals surface area contributed by atoms with E-state index in [4.69, 9.17) is 25.2 Å². The lowest BCUT2D eigenvalue weighted by atomic mass is 10.1. The van der Waals surface area contributed by atoms with Gasteiger partial charge in [0, 0.05) is 16.5 Å². The molecule has 2 heterocycles. The average molecular weight is 487 g/mol. The highest BCUT2D eigenvalue weighted by molar-refractivity contribution is 5.93. The Morgan fingerprint density at radius 2 is 1.81 bits per heavy atom. The zero-order valence-electron chi connectivity index (χ0n) is 20.8. The summed E-state index contributed by atoms with van der Waals surface area (Å²) in [6, 6.07) is 16.6. The van der Waals surface area contributed by atoms with E-state index in [1.807, 2.05) is 70.2 Å². The summed E-state index contributed by atoms with van der Waals surface area (Å²) in [5, 5.41) is 7.00. The van der Waals surface area contributed by atoms with Gasteiger partial charge in [0.15, 0.2) is 12.4 Å². The summed E-state index contributed by atoms with van der Waals surface area (Å²) < 4.78 is 11.4. The summed E-state index contributed by atoms with van der Waals surface area (Å²) in [7, 11) is 0. The first-order chi connectivity index (χ1) is 17.2. The molecule has 0 saturated carbocycles. The number of fused-ring (bicyclic) bond motifs is 1. The van der Waals surface area contributed by atoms with E-state index in [9.17, 15) is 4.79 Å². The van der Waals surface area contributed by atoms with E-state index in [-0.39, 0.29) is 18.1 Å². The molecule has 2 aromatic carbocycles. The van der Waals surface area contributed by atoms with Gasteiger partial charge in [0.2, 0.25) is 0 Å². The van der Waals surface area contributed by atoms with Crippen molar-refractivity contribution in [3.05, 3.63) is 60.8 Å². The topological polar surface area (TPSA) is 124 Å². The molecule has 0 spiro atoms. The predicted octanol–water partition coefficient (Wildman–Crippen LogP) is 4.71. The van der Waals surface area contributed by atoms with Crippen LogP contribution in [0.15, 0.2) is 60.8 Å². The monoisotopic (exact) mass is 486 g/mol. The van der Waals surface area contributed by atoms with Crippen molar-refractivity contribution >= 4 is 34.1 Å². The first-order valence-electron chi connectivity index (χ1n) is 11.7. The van der Waals surface area contributed by atoms with E-state index in [1.54, 1.807) is 18.3 Å². The van der Waals surface area contributed by atoms with Gasteiger partial charge in [0.25, 0.3) is 5.91 Å². The van der Waals surface area contributed by atoms with E-state index in [0.29, 0.717) is 29.8 Å². The van der Waals surface area contributed by atoms with E-state index in [0.717, 1.165) is 27.9 Å². The number of benzene rings is 2. The number of anilines is 3. The standard InChI is InChI=1S/C27H30N6O3/c1-5-35-20-10-11-22-21(14-20)26(30-18-9-12-23(28)29-15-18)32-25(31-22)17-7-6-8-19(13-17)36-16-24(34)33-27(2,3)4/h6-15H,5,16H2,1-4H3,(H2,28,29)(H,33,34)(H,30,31,32).